The Balaban J connectivity index is 1.05. The largest absolute Gasteiger partial charge is 0.228 e. The van der Waals surface area contributed by atoms with E-state index in [0.717, 1.165) is 28.1 Å². The van der Waals surface area contributed by atoms with E-state index in [-0.39, 0.29) is 5.41 Å². The van der Waals surface area contributed by atoms with E-state index in [9.17, 15) is 0 Å². The molecule has 0 atom stereocenters. The lowest BCUT2D eigenvalue weighted by atomic mass is 9.81. The van der Waals surface area contributed by atoms with Crippen LogP contribution in [0.1, 0.15) is 25.0 Å². The summed E-state index contributed by atoms with van der Waals surface area (Å²) in [5.41, 5.74) is 17.9. The fourth-order valence-electron chi connectivity index (χ4n) is 9.85. The molecule has 0 spiro atoms. The van der Waals surface area contributed by atoms with Gasteiger partial charge in [-0.2, -0.15) is 0 Å². The molecular formula is C55H36N2. The van der Waals surface area contributed by atoms with E-state index in [2.05, 4.69) is 190 Å². The third kappa shape index (κ3) is 4.71. The predicted molar refractivity (Wildman–Crippen MR) is 238 cm³/mol. The third-order valence-electron chi connectivity index (χ3n) is 12.6. The zero-order valence-electron chi connectivity index (χ0n) is 31.7. The molecule has 1 heterocycles. The molecule has 2 nitrogen and oxygen atoms in total. The summed E-state index contributed by atoms with van der Waals surface area (Å²) < 4.78 is 0. The van der Waals surface area contributed by atoms with E-state index in [0.29, 0.717) is 5.82 Å². The highest BCUT2D eigenvalue weighted by Gasteiger charge is 2.37. The van der Waals surface area contributed by atoms with Gasteiger partial charge in [0, 0.05) is 22.1 Å². The maximum atomic E-state index is 5.31. The molecule has 1 aromatic heterocycles. The minimum Gasteiger partial charge on any atom is -0.228 e. The monoisotopic (exact) mass is 724 g/mol. The zero-order chi connectivity index (χ0) is 37.8. The fourth-order valence-corrected chi connectivity index (χ4v) is 9.85. The van der Waals surface area contributed by atoms with E-state index in [1.807, 2.05) is 6.07 Å². The van der Waals surface area contributed by atoms with Crippen molar-refractivity contribution < 1.29 is 0 Å². The molecule has 0 aliphatic heterocycles. The molecule has 0 saturated heterocycles. The fraction of sp³-hybridized carbons (Fsp3) is 0.0545. The molecule has 0 amide bonds. The molecule has 2 aliphatic rings. The van der Waals surface area contributed by atoms with Crippen molar-refractivity contribution in [3.63, 3.8) is 0 Å². The lowest BCUT2D eigenvalue weighted by molar-refractivity contribution is 0.661. The molecule has 10 aromatic rings. The summed E-state index contributed by atoms with van der Waals surface area (Å²) in [6, 6.07) is 66.5. The molecule has 0 saturated carbocycles. The molecule has 57 heavy (non-hydrogen) atoms. The first kappa shape index (κ1) is 32.1. The van der Waals surface area contributed by atoms with Crippen LogP contribution in [0.2, 0.25) is 0 Å². The summed E-state index contributed by atoms with van der Waals surface area (Å²) >= 11 is 0. The van der Waals surface area contributed by atoms with Crippen LogP contribution in [0.5, 0.6) is 0 Å². The van der Waals surface area contributed by atoms with Crippen LogP contribution in [0.4, 0.5) is 0 Å². The SMILES string of the molecule is CC1(C)c2cc3ccccc3cc2-c2c(-c3ccc(-c4cc(-c5ccc6c(c5)-c5cccc7cccc-6c57)nc(-c5ccccc5)n4)c4ccccc34)cccc21. The highest BCUT2D eigenvalue weighted by Crippen LogP contribution is 2.54. The van der Waals surface area contributed by atoms with Crippen molar-refractivity contribution in [3.8, 4) is 78.4 Å². The van der Waals surface area contributed by atoms with Crippen molar-refractivity contribution in [1.82, 2.24) is 9.97 Å². The van der Waals surface area contributed by atoms with Gasteiger partial charge in [-0.15, -0.1) is 0 Å². The van der Waals surface area contributed by atoms with Gasteiger partial charge in [-0.05, 0) is 112 Å². The number of nitrogens with zero attached hydrogens (tertiary/aromatic N) is 2. The first-order valence-corrected chi connectivity index (χ1v) is 19.8. The second kappa shape index (κ2) is 11.9. The standard InChI is InChI=1S/C55H36N2/c1-55(2)48-24-12-23-44(53(48)47-29-35-15-6-7-16-36(35)31-49(47)55)40-27-28-42(39-20-9-8-19-38(39)40)51-32-50(56-54(57-51)34-13-4-3-5-14-34)37-25-26-41-43-21-10-17-33-18-11-22-45(52(33)43)46(41)30-37/h3-32H,1-2H3. The van der Waals surface area contributed by atoms with Crippen molar-refractivity contribution in [1.29, 1.82) is 0 Å². The normalized spacial score (nSPS) is 13.2. The third-order valence-corrected chi connectivity index (χ3v) is 12.6. The van der Waals surface area contributed by atoms with E-state index in [1.54, 1.807) is 0 Å². The number of aromatic nitrogens is 2. The van der Waals surface area contributed by atoms with Gasteiger partial charge in [0.15, 0.2) is 5.82 Å². The van der Waals surface area contributed by atoms with Crippen molar-refractivity contribution >= 4 is 32.3 Å². The van der Waals surface area contributed by atoms with E-state index in [4.69, 9.17) is 9.97 Å². The van der Waals surface area contributed by atoms with E-state index in [1.165, 1.54) is 88.0 Å². The summed E-state index contributed by atoms with van der Waals surface area (Å²) in [6.45, 7) is 4.74. The topological polar surface area (TPSA) is 25.8 Å². The van der Waals surface area contributed by atoms with Crippen LogP contribution in [-0.4, -0.2) is 9.97 Å². The number of rotatable bonds is 4. The van der Waals surface area contributed by atoms with Gasteiger partial charge < -0.3 is 0 Å². The second-order valence-corrected chi connectivity index (χ2v) is 16.1. The number of hydrogen-bond acceptors (Lipinski definition) is 2. The minimum absolute atomic E-state index is 0.113. The molecule has 0 bridgehead atoms. The molecule has 0 radical (unpaired) electrons. The van der Waals surface area contributed by atoms with Crippen LogP contribution in [0.15, 0.2) is 182 Å². The average molecular weight is 725 g/mol. The summed E-state index contributed by atoms with van der Waals surface area (Å²) in [5, 5.41) is 7.54. The first-order chi connectivity index (χ1) is 28.0. The van der Waals surface area contributed by atoms with Crippen molar-refractivity contribution in [2.24, 2.45) is 0 Å². The van der Waals surface area contributed by atoms with E-state index < -0.39 is 0 Å². The average Bonchev–Trinajstić information content (AvgIpc) is 3.71. The van der Waals surface area contributed by atoms with Gasteiger partial charge in [0.2, 0.25) is 0 Å². The summed E-state index contributed by atoms with van der Waals surface area (Å²) in [5.74, 6) is 0.717. The van der Waals surface area contributed by atoms with Crippen LogP contribution in [0, 0.1) is 0 Å². The second-order valence-electron chi connectivity index (χ2n) is 16.1. The minimum atomic E-state index is -0.113. The Kier molecular flexibility index (Phi) is 6.72. The van der Waals surface area contributed by atoms with E-state index >= 15 is 0 Å². The summed E-state index contributed by atoms with van der Waals surface area (Å²) in [6.07, 6.45) is 0. The Morgan fingerprint density at radius 3 is 1.77 bits per heavy atom. The van der Waals surface area contributed by atoms with Crippen LogP contribution in [-0.2, 0) is 5.41 Å². The number of hydrogen-bond donors (Lipinski definition) is 0. The quantitative estimate of drug-likeness (QED) is 0.181. The van der Waals surface area contributed by atoms with Gasteiger partial charge in [-0.1, -0.05) is 172 Å². The summed E-state index contributed by atoms with van der Waals surface area (Å²) in [7, 11) is 0. The van der Waals surface area contributed by atoms with Crippen molar-refractivity contribution in [2.45, 2.75) is 19.3 Å². The van der Waals surface area contributed by atoms with Gasteiger partial charge >= 0.3 is 0 Å². The molecule has 0 unspecified atom stereocenters. The van der Waals surface area contributed by atoms with Gasteiger partial charge in [-0.25, -0.2) is 9.97 Å². The Morgan fingerprint density at radius 2 is 0.965 bits per heavy atom. The lowest BCUT2D eigenvalue weighted by Crippen LogP contribution is -2.14. The van der Waals surface area contributed by atoms with Crippen LogP contribution >= 0.6 is 0 Å². The molecular weight excluding hydrogens is 689 g/mol. The van der Waals surface area contributed by atoms with Gasteiger partial charge in [0.25, 0.3) is 0 Å². The highest BCUT2D eigenvalue weighted by molar-refractivity contribution is 6.16. The molecule has 9 aromatic carbocycles. The lowest BCUT2D eigenvalue weighted by Gasteiger charge is -2.22. The molecule has 2 heteroatoms. The Bertz CT molecular complexity index is 3310. The Labute approximate surface area is 331 Å². The van der Waals surface area contributed by atoms with Gasteiger partial charge in [0.05, 0.1) is 11.4 Å². The first-order valence-electron chi connectivity index (χ1n) is 19.8. The van der Waals surface area contributed by atoms with Crippen LogP contribution < -0.4 is 0 Å². The summed E-state index contributed by atoms with van der Waals surface area (Å²) in [4.78, 5) is 10.6. The van der Waals surface area contributed by atoms with Crippen LogP contribution in [0.25, 0.3) is 111 Å². The van der Waals surface area contributed by atoms with Gasteiger partial charge in [0.1, 0.15) is 0 Å². The van der Waals surface area contributed by atoms with Gasteiger partial charge in [-0.3, -0.25) is 0 Å². The number of fused-ring (bicyclic) bond motifs is 8. The highest BCUT2D eigenvalue weighted by atomic mass is 14.9. The predicted octanol–water partition coefficient (Wildman–Crippen LogP) is 14.6. The molecule has 2 aliphatic carbocycles. The molecule has 266 valence electrons. The van der Waals surface area contributed by atoms with Crippen molar-refractivity contribution in [3.05, 3.63) is 193 Å². The maximum Gasteiger partial charge on any atom is 0.160 e. The molecule has 12 rings (SSSR count). The Morgan fingerprint density at radius 1 is 0.351 bits per heavy atom. The van der Waals surface area contributed by atoms with Crippen molar-refractivity contribution in [2.75, 3.05) is 0 Å². The Hall–Kier alpha value is -7.16. The number of benzene rings is 9. The van der Waals surface area contributed by atoms with Crippen LogP contribution in [0.3, 0.4) is 0 Å². The molecule has 0 fully saturated rings. The maximum absolute atomic E-state index is 5.31. The zero-order valence-corrected chi connectivity index (χ0v) is 31.7. The molecule has 0 N–H and O–H groups in total. The smallest absolute Gasteiger partial charge is 0.160 e.